The molecule has 2 heteroatoms. The van der Waals surface area contributed by atoms with Gasteiger partial charge in [0.15, 0.2) is 0 Å². The second-order valence-corrected chi connectivity index (χ2v) is 11.3. The van der Waals surface area contributed by atoms with Crippen LogP contribution in [0, 0.1) is 5.41 Å². The summed E-state index contributed by atoms with van der Waals surface area (Å²) in [6.07, 6.45) is 4.85. The predicted octanol–water partition coefficient (Wildman–Crippen LogP) is 3.90. The average molecular weight is 216 g/mol. The van der Waals surface area contributed by atoms with Crippen molar-refractivity contribution in [2.24, 2.45) is 5.41 Å². The van der Waals surface area contributed by atoms with E-state index in [0.717, 1.165) is 6.42 Å². The third-order valence-electron chi connectivity index (χ3n) is 3.05. The van der Waals surface area contributed by atoms with Gasteiger partial charge in [0.25, 0.3) is 0 Å². The lowest BCUT2D eigenvalue weighted by atomic mass is 9.83. The Hall–Kier alpha value is 0.177. The monoisotopic (exact) mass is 216 g/mol. The lowest BCUT2D eigenvalue weighted by molar-refractivity contribution is 0.124. The summed E-state index contributed by atoms with van der Waals surface area (Å²) in [6, 6.07) is 1.27. The topological polar surface area (TPSA) is 20.2 Å². The SMILES string of the molecule is CCCCC(CC)(CO)C[Si](C)(C)C. The van der Waals surface area contributed by atoms with Crippen molar-refractivity contribution < 1.29 is 5.11 Å². The molecule has 1 N–H and O–H groups in total. The largest absolute Gasteiger partial charge is 0.396 e. The number of unbranched alkanes of at least 4 members (excludes halogenated alkanes) is 1. The van der Waals surface area contributed by atoms with Crippen molar-refractivity contribution in [3.8, 4) is 0 Å². The molecule has 0 radical (unpaired) electrons. The van der Waals surface area contributed by atoms with Gasteiger partial charge in [0.2, 0.25) is 0 Å². The summed E-state index contributed by atoms with van der Waals surface area (Å²) < 4.78 is 0. The van der Waals surface area contributed by atoms with E-state index >= 15 is 0 Å². The van der Waals surface area contributed by atoms with Gasteiger partial charge in [-0.1, -0.05) is 46.3 Å². The fourth-order valence-corrected chi connectivity index (χ4v) is 5.10. The molecule has 0 rings (SSSR count). The number of aliphatic hydroxyl groups excluding tert-OH is 1. The molecule has 0 amide bonds. The van der Waals surface area contributed by atoms with E-state index in [4.69, 9.17) is 0 Å². The molecule has 0 saturated carbocycles. The van der Waals surface area contributed by atoms with Crippen LogP contribution in [-0.2, 0) is 0 Å². The maximum atomic E-state index is 9.59. The van der Waals surface area contributed by atoms with Gasteiger partial charge in [-0.05, 0) is 24.3 Å². The van der Waals surface area contributed by atoms with E-state index in [-0.39, 0.29) is 5.41 Å². The van der Waals surface area contributed by atoms with Crippen LogP contribution in [0.1, 0.15) is 39.5 Å². The highest BCUT2D eigenvalue weighted by Gasteiger charge is 2.32. The van der Waals surface area contributed by atoms with E-state index in [1.165, 1.54) is 25.3 Å². The van der Waals surface area contributed by atoms with Crippen LogP contribution in [0.3, 0.4) is 0 Å². The summed E-state index contributed by atoms with van der Waals surface area (Å²) in [5.74, 6) is 0. The number of rotatable bonds is 7. The van der Waals surface area contributed by atoms with Crippen molar-refractivity contribution in [3.63, 3.8) is 0 Å². The smallest absolute Gasteiger partial charge is 0.0484 e. The number of aliphatic hydroxyl groups is 1. The van der Waals surface area contributed by atoms with Gasteiger partial charge in [-0.15, -0.1) is 0 Å². The first-order chi connectivity index (χ1) is 6.39. The summed E-state index contributed by atoms with van der Waals surface area (Å²) >= 11 is 0. The first kappa shape index (κ1) is 14.2. The third kappa shape index (κ3) is 5.16. The highest BCUT2D eigenvalue weighted by atomic mass is 28.3. The number of hydrogen-bond acceptors (Lipinski definition) is 1. The summed E-state index contributed by atoms with van der Waals surface area (Å²) in [6.45, 7) is 12.0. The Bertz CT molecular complexity index is 145. The minimum Gasteiger partial charge on any atom is -0.396 e. The second-order valence-electron chi connectivity index (χ2n) is 5.85. The minimum absolute atomic E-state index is 0.237. The van der Waals surface area contributed by atoms with Crippen molar-refractivity contribution in [2.45, 2.75) is 65.2 Å². The zero-order chi connectivity index (χ0) is 11.2. The average Bonchev–Trinajstić information content (AvgIpc) is 2.10. The molecule has 0 aliphatic heterocycles. The normalized spacial score (nSPS) is 16.7. The molecule has 1 atom stereocenters. The molecule has 14 heavy (non-hydrogen) atoms. The van der Waals surface area contributed by atoms with Crippen LogP contribution in [0.15, 0.2) is 0 Å². The fourth-order valence-electron chi connectivity index (χ4n) is 2.31. The van der Waals surface area contributed by atoms with Gasteiger partial charge >= 0.3 is 0 Å². The van der Waals surface area contributed by atoms with Crippen molar-refractivity contribution in [1.29, 1.82) is 0 Å². The van der Waals surface area contributed by atoms with Gasteiger partial charge in [0.05, 0.1) is 0 Å². The van der Waals surface area contributed by atoms with Crippen molar-refractivity contribution in [1.82, 2.24) is 0 Å². The highest BCUT2D eigenvalue weighted by Crippen LogP contribution is 2.37. The zero-order valence-electron chi connectivity index (χ0n) is 10.7. The van der Waals surface area contributed by atoms with Crippen LogP contribution in [0.25, 0.3) is 0 Å². The molecule has 0 bridgehead atoms. The first-order valence-corrected chi connectivity index (χ1v) is 9.71. The second kappa shape index (κ2) is 5.91. The molecule has 0 aliphatic carbocycles. The van der Waals surface area contributed by atoms with Gasteiger partial charge in [0, 0.05) is 14.7 Å². The molecular formula is C12H28OSi. The summed E-state index contributed by atoms with van der Waals surface area (Å²) in [5.41, 5.74) is 0.237. The van der Waals surface area contributed by atoms with E-state index in [1.54, 1.807) is 0 Å². The minimum atomic E-state index is -1.04. The van der Waals surface area contributed by atoms with Gasteiger partial charge in [-0.3, -0.25) is 0 Å². The van der Waals surface area contributed by atoms with E-state index < -0.39 is 8.07 Å². The predicted molar refractivity (Wildman–Crippen MR) is 67.5 cm³/mol. The molecule has 1 nitrogen and oxygen atoms in total. The Morgan fingerprint density at radius 2 is 1.71 bits per heavy atom. The Kier molecular flexibility index (Phi) is 5.99. The molecule has 0 aromatic rings. The molecule has 86 valence electrons. The lowest BCUT2D eigenvalue weighted by Gasteiger charge is -2.36. The molecule has 0 heterocycles. The third-order valence-corrected chi connectivity index (χ3v) is 4.86. The van der Waals surface area contributed by atoms with Crippen molar-refractivity contribution >= 4 is 8.07 Å². The van der Waals surface area contributed by atoms with Crippen molar-refractivity contribution in [2.75, 3.05) is 6.61 Å². The zero-order valence-corrected chi connectivity index (χ0v) is 11.7. The molecule has 1 unspecified atom stereocenters. The Morgan fingerprint density at radius 1 is 1.14 bits per heavy atom. The summed E-state index contributed by atoms with van der Waals surface area (Å²) in [4.78, 5) is 0. The number of hydrogen-bond donors (Lipinski definition) is 1. The van der Waals surface area contributed by atoms with E-state index in [1.807, 2.05) is 0 Å². The maximum absolute atomic E-state index is 9.59. The lowest BCUT2D eigenvalue weighted by Crippen LogP contribution is -2.35. The summed E-state index contributed by atoms with van der Waals surface area (Å²) in [7, 11) is -1.04. The van der Waals surface area contributed by atoms with Gasteiger partial charge in [-0.2, -0.15) is 0 Å². The fraction of sp³-hybridized carbons (Fsp3) is 1.00. The van der Waals surface area contributed by atoms with E-state index in [0.29, 0.717) is 6.61 Å². The Morgan fingerprint density at radius 3 is 2.00 bits per heavy atom. The van der Waals surface area contributed by atoms with E-state index in [9.17, 15) is 5.11 Å². The van der Waals surface area contributed by atoms with Crippen LogP contribution in [0.4, 0.5) is 0 Å². The quantitative estimate of drug-likeness (QED) is 0.640. The standard InChI is InChI=1S/C12H28OSi/c1-6-8-9-12(7-2,10-13)11-14(3,4)5/h13H,6-11H2,1-5H3. The molecule has 0 aliphatic rings. The van der Waals surface area contributed by atoms with Crippen LogP contribution in [-0.4, -0.2) is 19.8 Å². The molecule has 0 aromatic carbocycles. The van der Waals surface area contributed by atoms with Crippen molar-refractivity contribution in [3.05, 3.63) is 0 Å². The Balaban J connectivity index is 4.36. The maximum Gasteiger partial charge on any atom is 0.0484 e. The molecule has 0 spiro atoms. The first-order valence-electron chi connectivity index (χ1n) is 6.00. The van der Waals surface area contributed by atoms with E-state index in [2.05, 4.69) is 33.5 Å². The van der Waals surface area contributed by atoms with Crippen LogP contribution >= 0.6 is 0 Å². The molecule has 0 aromatic heterocycles. The van der Waals surface area contributed by atoms with Gasteiger partial charge < -0.3 is 5.11 Å². The molecular weight excluding hydrogens is 188 g/mol. The van der Waals surface area contributed by atoms with Crippen LogP contribution < -0.4 is 0 Å². The molecule has 0 fully saturated rings. The Labute approximate surface area is 90.9 Å². The molecule has 0 saturated heterocycles. The van der Waals surface area contributed by atoms with Crippen LogP contribution in [0.2, 0.25) is 25.7 Å². The van der Waals surface area contributed by atoms with Crippen LogP contribution in [0.5, 0.6) is 0 Å². The highest BCUT2D eigenvalue weighted by molar-refractivity contribution is 6.76. The summed E-state index contributed by atoms with van der Waals surface area (Å²) in [5, 5.41) is 9.59. The van der Waals surface area contributed by atoms with Gasteiger partial charge in [0.1, 0.15) is 0 Å². The van der Waals surface area contributed by atoms with Gasteiger partial charge in [-0.25, -0.2) is 0 Å².